The van der Waals surface area contributed by atoms with E-state index in [1.165, 1.54) is 11.3 Å². The van der Waals surface area contributed by atoms with Crippen LogP contribution in [0.1, 0.15) is 16.1 Å². The van der Waals surface area contributed by atoms with Crippen LogP contribution in [0.5, 0.6) is 11.5 Å². The number of nitrogens with zero attached hydrogens (tertiary/aromatic N) is 3. The first-order chi connectivity index (χ1) is 13.2. The lowest BCUT2D eigenvalue weighted by molar-refractivity contribution is 0.0950. The van der Waals surface area contributed by atoms with Crippen LogP contribution < -0.4 is 14.8 Å². The minimum absolute atomic E-state index is 0.239. The molecule has 1 amide bonds. The smallest absolute Gasteiger partial charge is 0.270 e. The number of benzene rings is 1. The van der Waals surface area contributed by atoms with Gasteiger partial charge >= 0.3 is 0 Å². The van der Waals surface area contributed by atoms with Crippen LogP contribution in [0.25, 0.3) is 10.8 Å². The standard InChI is InChI=1S/C18H15ClN4O3S/c19-12-8-11(9-14-15(12)26-7-6-25-14)2-5-22-17(24)13-10-27-18(23-13)16-20-3-1-4-21-16/h1,3-4,8-10H,2,5-7H2,(H,22,24). The number of halogens is 1. The third kappa shape index (κ3) is 4.01. The number of ether oxygens (including phenoxy) is 2. The van der Waals surface area contributed by atoms with Crippen molar-refractivity contribution >= 4 is 28.8 Å². The number of fused-ring (bicyclic) bond motifs is 1. The maximum atomic E-state index is 12.3. The molecular weight excluding hydrogens is 388 g/mol. The van der Waals surface area contributed by atoms with Gasteiger partial charge in [0.25, 0.3) is 5.91 Å². The van der Waals surface area contributed by atoms with Crippen LogP contribution in [0, 0.1) is 0 Å². The summed E-state index contributed by atoms with van der Waals surface area (Å²) >= 11 is 7.57. The van der Waals surface area contributed by atoms with E-state index in [0.717, 1.165) is 5.56 Å². The highest BCUT2D eigenvalue weighted by atomic mass is 35.5. The van der Waals surface area contributed by atoms with Crippen molar-refractivity contribution in [2.24, 2.45) is 0 Å². The Morgan fingerprint density at radius 1 is 1.22 bits per heavy atom. The summed E-state index contributed by atoms with van der Waals surface area (Å²) in [4.78, 5) is 24.9. The molecular formula is C18H15ClN4O3S. The molecule has 1 N–H and O–H groups in total. The Kier molecular flexibility index (Phi) is 5.17. The van der Waals surface area contributed by atoms with Crippen LogP contribution in [0.2, 0.25) is 5.02 Å². The SMILES string of the molecule is O=C(NCCc1cc(Cl)c2c(c1)OCCO2)c1csc(-c2ncccn2)n1. The molecule has 27 heavy (non-hydrogen) atoms. The van der Waals surface area contributed by atoms with Gasteiger partial charge in [-0.05, 0) is 30.2 Å². The Hall–Kier alpha value is -2.71. The van der Waals surface area contributed by atoms with E-state index >= 15 is 0 Å². The lowest BCUT2D eigenvalue weighted by Gasteiger charge is -2.20. The molecule has 0 aliphatic carbocycles. The Labute approximate surface area is 164 Å². The molecule has 3 heterocycles. The normalized spacial score (nSPS) is 12.6. The fraction of sp³-hybridized carbons (Fsp3) is 0.222. The summed E-state index contributed by atoms with van der Waals surface area (Å²) < 4.78 is 11.1. The van der Waals surface area contributed by atoms with E-state index in [9.17, 15) is 4.79 Å². The molecule has 3 aromatic rings. The molecule has 0 spiro atoms. The van der Waals surface area contributed by atoms with E-state index in [1.807, 2.05) is 12.1 Å². The zero-order valence-electron chi connectivity index (χ0n) is 14.1. The zero-order valence-corrected chi connectivity index (χ0v) is 15.7. The number of nitrogens with one attached hydrogen (secondary N) is 1. The fourth-order valence-electron chi connectivity index (χ4n) is 2.61. The topological polar surface area (TPSA) is 86.2 Å². The van der Waals surface area contributed by atoms with Gasteiger partial charge < -0.3 is 14.8 Å². The number of carbonyl (C=O) groups is 1. The van der Waals surface area contributed by atoms with Crippen LogP contribution in [0.3, 0.4) is 0 Å². The zero-order chi connectivity index (χ0) is 18.6. The molecule has 1 aliphatic heterocycles. The number of hydrogen-bond acceptors (Lipinski definition) is 7. The van der Waals surface area contributed by atoms with Gasteiger partial charge in [-0.3, -0.25) is 4.79 Å². The summed E-state index contributed by atoms with van der Waals surface area (Å²) in [6, 6.07) is 5.45. The average molecular weight is 403 g/mol. The van der Waals surface area contributed by atoms with Crippen LogP contribution in [0.15, 0.2) is 36.0 Å². The molecule has 2 aromatic heterocycles. The summed E-state index contributed by atoms with van der Waals surface area (Å²) in [5, 5.41) is 5.68. The molecule has 138 valence electrons. The third-order valence-corrected chi connectivity index (χ3v) is 4.97. The molecule has 0 bridgehead atoms. The summed E-state index contributed by atoms with van der Waals surface area (Å²) in [7, 11) is 0. The van der Waals surface area contributed by atoms with Gasteiger partial charge in [0.2, 0.25) is 0 Å². The van der Waals surface area contributed by atoms with E-state index in [-0.39, 0.29) is 5.91 Å². The highest BCUT2D eigenvalue weighted by Gasteiger charge is 2.17. The van der Waals surface area contributed by atoms with Gasteiger partial charge in [-0.15, -0.1) is 11.3 Å². The van der Waals surface area contributed by atoms with Gasteiger partial charge in [-0.1, -0.05) is 11.6 Å². The van der Waals surface area contributed by atoms with Crippen molar-refractivity contribution in [1.82, 2.24) is 20.3 Å². The molecule has 0 radical (unpaired) electrons. The second kappa shape index (κ2) is 7.89. The van der Waals surface area contributed by atoms with Gasteiger partial charge in [-0.2, -0.15) is 0 Å². The van der Waals surface area contributed by atoms with Crippen molar-refractivity contribution in [2.75, 3.05) is 19.8 Å². The molecule has 0 fully saturated rings. The largest absolute Gasteiger partial charge is 0.486 e. The van der Waals surface area contributed by atoms with Crippen molar-refractivity contribution in [3.8, 4) is 22.3 Å². The van der Waals surface area contributed by atoms with Crippen LogP contribution in [-0.4, -0.2) is 40.6 Å². The second-order valence-electron chi connectivity index (χ2n) is 5.72. The number of rotatable bonds is 5. The molecule has 4 rings (SSSR count). The van der Waals surface area contributed by atoms with E-state index in [4.69, 9.17) is 21.1 Å². The number of thiazole rings is 1. The van der Waals surface area contributed by atoms with Gasteiger partial charge in [0.15, 0.2) is 22.3 Å². The van der Waals surface area contributed by atoms with Gasteiger partial charge in [-0.25, -0.2) is 15.0 Å². The quantitative estimate of drug-likeness (QED) is 0.706. The second-order valence-corrected chi connectivity index (χ2v) is 6.98. The third-order valence-electron chi connectivity index (χ3n) is 3.85. The highest BCUT2D eigenvalue weighted by Crippen LogP contribution is 2.38. The lowest BCUT2D eigenvalue weighted by atomic mass is 10.1. The molecule has 1 aliphatic rings. The van der Waals surface area contributed by atoms with E-state index in [0.29, 0.717) is 59.2 Å². The van der Waals surface area contributed by atoms with Crippen LogP contribution in [-0.2, 0) is 6.42 Å². The molecule has 0 saturated heterocycles. The van der Waals surface area contributed by atoms with Crippen molar-refractivity contribution in [3.63, 3.8) is 0 Å². The summed E-state index contributed by atoms with van der Waals surface area (Å²) in [5.74, 6) is 1.49. The first-order valence-corrected chi connectivity index (χ1v) is 9.55. The maximum Gasteiger partial charge on any atom is 0.270 e. The lowest BCUT2D eigenvalue weighted by Crippen LogP contribution is -2.26. The Balaban J connectivity index is 1.36. The minimum atomic E-state index is -0.239. The Morgan fingerprint density at radius 3 is 2.89 bits per heavy atom. The first kappa shape index (κ1) is 17.7. The van der Waals surface area contributed by atoms with Crippen molar-refractivity contribution < 1.29 is 14.3 Å². The molecule has 0 saturated carbocycles. The number of aromatic nitrogens is 3. The molecule has 9 heteroatoms. The summed E-state index contributed by atoms with van der Waals surface area (Å²) in [6.07, 6.45) is 3.89. The predicted molar refractivity (Wildman–Crippen MR) is 102 cm³/mol. The molecule has 0 unspecified atom stereocenters. The summed E-state index contributed by atoms with van der Waals surface area (Å²) in [5.41, 5.74) is 1.31. The Bertz CT molecular complexity index is 964. The number of hydrogen-bond donors (Lipinski definition) is 1. The highest BCUT2D eigenvalue weighted by molar-refractivity contribution is 7.13. The predicted octanol–water partition coefficient (Wildman–Crippen LogP) is 3.00. The molecule has 1 aromatic carbocycles. The van der Waals surface area contributed by atoms with Crippen LogP contribution in [0.4, 0.5) is 0 Å². The van der Waals surface area contributed by atoms with Crippen molar-refractivity contribution in [3.05, 3.63) is 52.3 Å². The van der Waals surface area contributed by atoms with E-state index in [1.54, 1.807) is 23.8 Å². The number of carbonyl (C=O) groups excluding carboxylic acids is 1. The monoisotopic (exact) mass is 402 g/mol. The maximum absolute atomic E-state index is 12.3. The fourth-order valence-corrected chi connectivity index (χ4v) is 3.64. The van der Waals surface area contributed by atoms with Gasteiger partial charge in [0.1, 0.15) is 18.9 Å². The van der Waals surface area contributed by atoms with E-state index in [2.05, 4.69) is 20.3 Å². The van der Waals surface area contributed by atoms with Gasteiger partial charge in [0.05, 0.1) is 5.02 Å². The number of amides is 1. The summed E-state index contributed by atoms with van der Waals surface area (Å²) in [6.45, 7) is 1.44. The average Bonchev–Trinajstić information content (AvgIpc) is 3.19. The Morgan fingerprint density at radius 2 is 2.04 bits per heavy atom. The molecule has 7 nitrogen and oxygen atoms in total. The van der Waals surface area contributed by atoms with Crippen LogP contribution >= 0.6 is 22.9 Å². The minimum Gasteiger partial charge on any atom is -0.486 e. The van der Waals surface area contributed by atoms with Crippen molar-refractivity contribution in [2.45, 2.75) is 6.42 Å². The molecule has 0 atom stereocenters. The van der Waals surface area contributed by atoms with Gasteiger partial charge in [0, 0.05) is 24.3 Å². The van der Waals surface area contributed by atoms with Crippen molar-refractivity contribution in [1.29, 1.82) is 0 Å². The van der Waals surface area contributed by atoms with E-state index < -0.39 is 0 Å². The first-order valence-electron chi connectivity index (χ1n) is 8.30.